The first kappa shape index (κ1) is 17.5. The van der Waals surface area contributed by atoms with Gasteiger partial charge in [0.25, 0.3) is 0 Å². The van der Waals surface area contributed by atoms with Crippen LogP contribution in [-0.2, 0) is 13.1 Å². The van der Waals surface area contributed by atoms with Crippen LogP contribution in [0.2, 0.25) is 0 Å². The van der Waals surface area contributed by atoms with Crippen molar-refractivity contribution >= 4 is 5.69 Å². The molecule has 0 aromatic heterocycles. The normalized spacial score (nSPS) is 10.9. The van der Waals surface area contributed by atoms with Crippen molar-refractivity contribution in [2.75, 3.05) is 18.5 Å². The number of rotatable bonds is 10. The number of para-hydroxylation sites is 1. The van der Waals surface area contributed by atoms with Gasteiger partial charge in [0.05, 0.1) is 0 Å². The largest absolute Gasteiger partial charge is 0.321 e. The lowest BCUT2D eigenvalue weighted by Crippen LogP contribution is -2.27. The Bertz CT molecular complexity index is 548. The Kier molecular flexibility index (Phi) is 7.64. The molecular weight excluding hydrogens is 282 g/mol. The highest BCUT2D eigenvalue weighted by Gasteiger charge is 2.07. The number of benzene rings is 2. The van der Waals surface area contributed by atoms with E-state index in [1.165, 1.54) is 24.0 Å². The Balaban J connectivity index is 1.93. The third kappa shape index (κ3) is 6.05. The number of nitrogens with one attached hydrogen (secondary N) is 2. The van der Waals surface area contributed by atoms with Gasteiger partial charge < -0.3 is 5.43 Å². The summed E-state index contributed by atoms with van der Waals surface area (Å²) in [6, 6.07) is 18.9. The van der Waals surface area contributed by atoms with E-state index in [-0.39, 0.29) is 0 Å². The van der Waals surface area contributed by atoms with Crippen molar-refractivity contribution in [3.8, 4) is 0 Å². The SMILES string of the molecule is CCCN(CCC)Cc1ccccc1CNNc1ccccc1. The van der Waals surface area contributed by atoms with Crippen molar-refractivity contribution in [1.82, 2.24) is 10.3 Å². The molecular formula is C20H29N3. The van der Waals surface area contributed by atoms with Crippen LogP contribution in [-0.4, -0.2) is 18.0 Å². The smallest absolute Gasteiger partial charge is 0.0487 e. The van der Waals surface area contributed by atoms with Crippen molar-refractivity contribution in [3.63, 3.8) is 0 Å². The summed E-state index contributed by atoms with van der Waals surface area (Å²) < 4.78 is 0. The van der Waals surface area contributed by atoms with Gasteiger partial charge in [-0.1, -0.05) is 56.3 Å². The zero-order valence-electron chi connectivity index (χ0n) is 14.4. The van der Waals surface area contributed by atoms with Gasteiger partial charge in [-0.2, -0.15) is 0 Å². The third-order valence-corrected chi connectivity index (χ3v) is 3.88. The van der Waals surface area contributed by atoms with Gasteiger partial charge in [0, 0.05) is 18.8 Å². The highest BCUT2D eigenvalue weighted by molar-refractivity contribution is 5.41. The fourth-order valence-corrected chi connectivity index (χ4v) is 2.79. The maximum Gasteiger partial charge on any atom is 0.0487 e. The maximum atomic E-state index is 3.33. The molecule has 3 heteroatoms. The number of hydrogen-bond donors (Lipinski definition) is 2. The van der Waals surface area contributed by atoms with E-state index in [1.54, 1.807) is 0 Å². The van der Waals surface area contributed by atoms with Crippen LogP contribution in [0, 0.1) is 0 Å². The zero-order chi connectivity index (χ0) is 16.3. The van der Waals surface area contributed by atoms with E-state index >= 15 is 0 Å². The molecule has 23 heavy (non-hydrogen) atoms. The molecule has 2 aromatic carbocycles. The molecule has 0 fully saturated rings. The molecule has 0 saturated heterocycles. The van der Waals surface area contributed by atoms with Crippen LogP contribution < -0.4 is 10.9 Å². The Morgan fingerprint density at radius 2 is 1.39 bits per heavy atom. The van der Waals surface area contributed by atoms with Gasteiger partial charge in [-0.15, -0.1) is 0 Å². The van der Waals surface area contributed by atoms with Crippen LogP contribution in [0.3, 0.4) is 0 Å². The molecule has 0 aliphatic rings. The van der Waals surface area contributed by atoms with E-state index in [0.29, 0.717) is 0 Å². The molecule has 124 valence electrons. The van der Waals surface area contributed by atoms with E-state index in [4.69, 9.17) is 0 Å². The second kappa shape index (κ2) is 10.0. The van der Waals surface area contributed by atoms with Crippen LogP contribution in [0.4, 0.5) is 5.69 Å². The van der Waals surface area contributed by atoms with Crippen LogP contribution in [0.1, 0.15) is 37.8 Å². The second-order valence-corrected chi connectivity index (χ2v) is 5.89. The van der Waals surface area contributed by atoms with Gasteiger partial charge in [0.15, 0.2) is 0 Å². The van der Waals surface area contributed by atoms with Crippen LogP contribution in [0.15, 0.2) is 54.6 Å². The molecule has 0 saturated carbocycles. The molecule has 0 amide bonds. The number of anilines is 1. The van der Waals surface area contributed by atoms with Gasteiger partial charge in [0.2, 0.25) is 0 Å². The number of nitrogens with zero attached hydrogens (tertiary/aromatic N) is 1. The van der Waals surface area contributed by atoms with Gasteiger partial charge in [-0.05, 0) is 49.2 Å². The lowest BCUT2D eigenvalue weighted by Gasteiger charge is -2.22. The van der Waals surface area contributed by atoms with Crippen molar-refractivity contribution < 1.29 is 0 Å². The average molecular weight is 311 g/mol. The van der Waals surface area contributed by atoms with Crippen LogP contribution in [0.5, 0.6) is 0 Å². The maximum absolute atomic E-state index is 3.33. The zero-order valence-corrected chi connectivity index (χ0v) is 14.4. The molecule has 2 N–H and O–H groups in total. The van der Waals surface area contributed by atoms with E-state index in [2.05, 4.69) is 66.0 Å². The summed E-state index contributed by atoms with van der Waals surface area (Å²) in [4.78, 5) is 2.55. The topological polar surface area (TPSA) is 27.3 Å². The first-order valence-electron chi connectivity index (χ1n) is 8.66. The van der Waals surface area contributed by atoms with Gasteiger partial charge in [-0.3, -0.25) is 4.90 Å². The molecule has 0 unspecified atom stereocenters. The van der Waals surface area contributed by atoms with Crippen molar-refractivity contribution in [2.45, 2.75) is 39.8 Å². The molecule has 3 nitrogen and oxygen atoms in total. The van der Waals surface area contributed by atoms with Crippen molar-refractivity contribution in [3.05, 3.63) is 65.7 Å². The van der Waals surface area contributed by atoms with E-state index < -0.39 is 0 Å². The number of hydrogen-bond acceptors (Lipinski definition) is 3. The molecule has 0 bridgehead atoms. The lowest BCUT2D eigenvalue weighted by atomic mass is 10.1. The summed E-state index contributed by atoms with van der Waals surface area (Å²) in [5.74, 6) is 0. The van der Waals surface area contributed by atoms with Crippen molar-refractivity contribution in [2.24, 2.45) is 0 Å². The first-order chi connectivity index (χ1) is 11.3. The molecule has 0 aliphatic heterocycles. The summed E-state index contributed by atoms with van der Waals surface area (Å²) >= 11 is 0. The summed E-state index contributed by atoms with van der Waals surface area (Å²) in [6.07, 6.45) is 2.41. The minimum absolute atomic E-state index is 0.817. The van der Waals surface area contributed by atoms with Crippen LogP contribution >= 0.6 is 0 Å². The Morgan fingerprint density at radius 3 is 2.04 bits per heavy atom. The Labute approximate surface area is 140 Å². The van der Waals surface area contributed by atoms with Gasteiger partial charge in [-0.25, -0.2) is 5.43 Å². The minimum Gasteiger partial charge on any atom is -0.321 e. The number of hydrazine groups is 1. The molecule has 0 radical (unpaired) electrons. The van der Waals surface area contributed by atoms with Gasteiger partial charge in [0.1, 0.15) is 0 Å². The van der Waals surface area contributed by atoms with E-state index in [1.807, 2.05) is 18.2 Å². The van der Waals surface area contributed by atoms with E-state index in [0.717, 1.165) is 31.9 Å². The molecule has 0 heterocycles. The van der Waals surface area contributed by atoms with Gasteiger partial charge >= 0.3 is 0 Å². The highest BCUT2D eigenvalue weighted by atomic mass is 15.3. The molecule has 0 aliphatic carbocycles. The quantitative estimate of drug-likeness (QED) is 0.636. The fraction of sp³-hybridized carbons (Fsp3) is 0.400. The predicted octanol–water partition coefficient (Wildman–Crippen LogP) is 4.43. The third-order valence-electron chi connectivity index (χ3n) is 3.88. The summed E-state index contributed by atoms with van der Waals surface area (Å²) in [6.45, 7) is 8.68. The molecule has 2 aromatic rings. The second-order valence-electron chi connectivity index (χ2n) is 5.89. The monoisotopic (exact) mass is 311 g/mol. The molecule has 0 spiro atoms. The van der Waals surface area contributed by atoms with E-state index in [9.17, 15) is 0 Å². The fourth-order valence-electron chi connectivity index (χ4n) is 2.79. The lowest BCUT2D eigenvalue weighted by molar-refractivity contribution is 0.265. The summed E-state index contributed by atoms with van der Waals surface area (Å²) in [5.41, 5.74) is 10.4. The minimum atomic E-state index is 0.817. The molecule has 2 rings (SSSR count). The Hall–Kier alpha value is -1.84. The summed E-state index contributed by atoms with van der Waals surface area (Å²) in [5, 5.41) is 0. The highest BCUT2D eigenvalue weighted by Crippen LogP contribution is 2.13. The molecule has 0 atom stereocenters. The van der Waals surface area contributed by atoms with Crippen molar-refractivity contribution in [1.29, 1.82) is 0 Å². The Morgan fingerprint density at radius 1 is 0.783 bits per heavy atom. The first-order valence-corrected chi connectivity index (χ1v) is 8.66. The average Bonchev–Trinajstić information content (AvgIpc) is 2.58. The standard InChI is InChI=1S/C20H29N3/c1-3-14-23(15-4-2)17-19-11-9-8-10-18(19)16-21-22-20-12-6-5-7-13-20/h5-13,21-22H,3-4,14-17H2,1-2H3. The predicted molar refractivity (Wildman–Crippen MR) is 99.2 cm³/mol. The summed E-state index contributed by atoms with van der Waals surface area (Å²) in [7, 11) is 0. The van der Waals surface area contributed by atoms with Crippen LogP contribution in [0.25, 0.3) is 0 Å².